The smallest absolute Gasteiger partial charge is 0.258 e. The van der Waals surface area contributed by atoms with Gasteiger partial charge in [0, 0.05) is 18.1 Å². The summed E-state index contributed by atoms with van der Waals surface area (Å²) in [5.74, 6) is -0.270. The fourth-order valence-electron chi connectivity index (χ4n) is 2.96. The molecular formula is C16H18N2O4. The van der Waals surface area contributed by atoms with Gasteiger partial charge in [-0.3, -0.25) is 9.59 Å². The summed E-state index contributed by atoms with van der Waals surface area (Å²) in [5, 5.41) is 20.3. The highest BCUT2D eigenvalue weighted by Crippen LogP contribution is 2.18. The maximum Gasteiger partial charge on any atom is 0.258 e. The Morgan fingerprint density at radius 1 is 1.27 bits per heavy atom. The minimum atomic E-state index is -0.616. The third kappa shape index (κ3) is 2.63. The van der Waals surface area contributed by atoms with Gasteiger partial charge in [0.2, 0.25) is 5.91 Å². The molecule has 1 fully saturated rings. The number of hydrogen-bond acceptors (Lipinski definition) is 4. The number of rotatable bonds is 3. The quantitative estimate of drug-likeness (QED) is 0.833. The molecular weight excluding hydrogens is 284 g/mol. The van der Waals surface area contributed by atoms with Crippen molar-refractivity contribution in [1.29, 1.82) is 0 Å². The second-order valence-corrected chi connectivity index (χ2v) is 5.61. The third-order valence-electron chi connectivity index (χ3n) is 4.12. The minimum absolute atomic E-state index is 0.0904. The van der Waals surface area contributed by atoms with Crippen LogP contribution in [0.4, 0.5) is 0 Å². The molecule has 1 amide bonds. The van der Waals surface area contributed by atoms with E-state index < -0.39 is 6.10 Å². The van der Waals surface area contributed by atoms with Crippen LogP contribution in [0.5, 0.6) is 0 Å². The van der Waals surface area contributed by atoms with Crippen LogP contribution in [0, 0.1) is 0 Å². The first-order chi connectivity index (χ1) is 10.6. The second-order valence-electron chi connectivity index (χ2n) is 5.61. The average molecular weight is 302 g/mol. The molecule has 2 aromatic rings. The molecule has 1 saturated heterocycles. The van der Waals surface area contributed by atoms with E-state index in [0.29, 0.717) is 11.8 Å². The van der Waals surface area contributed by atoms with Crippen molar-refractivity contribution in [3.05, 3.63) is 46.9 Å². The van der Waals surface area contributed by atoms with Crippen molar-refractivity contribution >= 4 is 16.7 Å². The van der Waals surface area contributed by atoms with E-state index in [9.17, 15) is 19.8 Å². The van der Waals surface area contributed by atoms with E-state index in [-0.39, 0.29) is 37.2 Å². The van der Waals surface area contributed by atoms with Crippen molar-refractivity contribution in [2.24, 2.45) is 0 Å². The summed E-state index contributed by atoms with van der Waals surface area (Å²) >= 11 is 0. The third-order valence-corrected chi connectivity index (χ3v) is 4.12. The molecule has 116 valence electrons. The summed E-state index contributed by atoms with van der Waals surface area (Å²) in [6.07, 6.45) is 1.35. The summed E-state index contributed by atoms with van der Waals surface area (Å²) in [6, 6.07) is 8.64. The van der Waals surface area contributed by atoms with Gasteiger partial charge < -0.3 is 19.7 Å². The van der Waals surface area contributed by atoms with Gasteiger partial charge in [0.25, 0.3) is 5.56 Å². The molecule has 3 rings (SSSR count). The van der Waals surface area contributed by atoms with Gasteiger partial charge in [-0.05, 0) is 23.9 Å². The number of aromatic nitrogens is 1. The van der Waals surface area contributed by atoms with Crippen molar-refractivity contribution in [1.82, 2.24) is 9.47 Å². The molecule has 0 radical (unpaired) electrons. The largest absolute Gasteiger partial charge is 0.394 e. The van der Waals surface area contributed by atoms with Gasteiger partial charge in [0.05, 0.1) is 18.8 Å². The molecule has 22 heavy (non-hydrogen) atoms. The topological polar surface area (TPSA) is 82.8 Å². The fraction of sp³-hybridized carbons (Fsp3) is 0.375. The van der Waals surface area contributed by atoms with Crippen molar-refractivity contribution in [2.75, 3.05) is 13.2 Å². The molecule has 1 aliphatic heterocycles. The van der Waals surface area contributed by atoms with E-state index >= 15 is 0 Å². The predicted molar refractivity (Wildman–Crippen MR) is 81.4 cm³/mol. The summed E-state index contributed by atoms with van der Waals surface area (Å²) < 4.78 is 1.36. The Kier molecular flexibility index (Phi) is 3.96. The number of carbonyl (C=O) groups excluding carboxylic acids is 1. The van der Waals surface area contributed by atoms with E-state index in [1.807, 2.05) is 12.1 Å². The summed E-state index contributed by atoms with van der Waals surface area (Å²) in [7, 11) is 0. The zero-order valence-corrected chi connectivity index (χ0v) is 12.1. The lowest BCUT2D eigenvalue weighted by Crippen LogP contribution is -2.41. The molecule has 0 bridgehead atoms. The zero-order chi connectivity index (χ0) is 15.7. The van der Waals surface area contributed by atoms with Gasteiger partial charge in [-0.2, -0.15) is 0 Å². The van der Waals surface area contributed by atoms with Gasteiger partial charge in [0.1, 0.15) is 6.54 Å². The molecule has 0 spiro atoms. The molecule has 2 heterocycles. The van der Waals surface area contributed by atoms with Gasteiger partial charge in [-0.25, -0.2) is 0 Å². The van der Waals surface area contributed by atoms with E-state index in [0.717, 1.165) is 5.39 Å². The molecule has 1 aliphatic rings. The Balaban J connectivity index is 1.85. The molecule has 0 saturated carbocycles. The van der Waals surface area contributed by atoms with Gasteiger partial charge in [0.15, 0.2) is 0 Å². The van der Waals surface area contributed by atoms with E-state index in [2.05, 4.69) is 0 Å². The lowest BCUT2D eigenvalue weighted by molar-refractivity contribution is -0.133. The number of nitrogens with zero attached hydrogens (tertiary/aromatic N) is 2. The van der Waals surface area contributed by atoms with Crippen LogP contribution in [0.1, 0.15) is 6.42 Å². The van der Waals surface area contributed by atoms with E-state index in [1.165, 1.54) is 9.47 Å². The number of amides is 1. The lowest BCUT2D eigenvalue weighted by Gasteiger charge is -2.23. The standard InChI is InChI=1S/C16H18N2O4/c19-10-12-7-13(20)8-18(12)15(21)9-17-6-5-11-3-1-2-4-14(11)16(17)22/h1-6,12-13,19-20H,7-10H2/t12-,13+/m0/s1. The normalized spacial score (nSPS) is 21.5. The van der Waals surface area contributed by atoms with Crippen LogP contribution in [-0.4, -0.2) is 50.9 Å². The van der Waals surface area contributed by atoms with Crippen LogP contribution in [0.25, 0.3) is 10.8 Å². The average Bonchev–Trinajstić information content (AvgIpc) is 2.91. The van der Waals surface area contributed by atoms with E-state index in [1.54, 1.807) is 24.4 Å². The highest BCUT2D eigenvalue weighted by Gasteiger charge is 2.33. The molecule has 6 heteroatoms. The first kappa shape index (κ1) is 14.7. The van der Waals surface area contributed by atoms with Crippen LogP contribution >= 0.6 is 0 Å². The van der Waals surface area contributed by atoms with Crippen LogP contribution in [-0.2, 0) is 11.3 Å². The summed E-state index contributed by atoms with van der Waals surface area (Å²) in [4.78, 5) is 26.2. The molecule has 2 N–H and O–H groups in total. The number of hydrogen-bond donors (Lipinski definition) is 2. The van der Waals surface area contributed by atoms with Crippen molar-refractivity contribution in [2.45, 2.75) is 25.1 Å². The van der Waals surface area contributed by atoms with Gasteiger partial charge >= 0.3 is 0 Å². The minimum Gasteiger partial charge on any atom is -0.394 e. The van der Waals surface area contributed by atoms with Crippen LogP contribution < -0.4 is 5.56 Å². The van der Waals surface area contributed by atoms with Crippen LogP contribution in [0.15, 0.2) is 41.3 Å². The lowest BCUT2D eigenvalue weighted by atomic mass is 10.2. The first-order valence-corrected chi connectivity index (χ1v) is 7.26. The SMILES string of the molecule is O=C(Cn1ccc2ccccc2c1=O)N1C[C@H](O)C[C@H]1CO. The number of aliphatic hydroxyl groups is 2. The Labute approximate surface area is 127 Å². The number of benzene rings is 1. The van der Waals surface area contributed by atoms with E-state index in [4.69, 9.17) is 0 Å². The maximum absolute atomic E-state index is 12.4. The Morgan fingerprint density at radius 2 is 2.05 bits per heavy atom. The first-order valence-electron chi connectivity index (χ1n) is 7.26. The highest BCUT2D eigenvalue weighted by molar-refractivity contribution is 5.82. The van der Waals surface area contributed by atoms with Gasteiger partial charge in [-0.15, -0.1) is 0 Å². The fourth-order valence-corrected chi connectivity index (χ4v) is 2.96. The molecule has 0 aliphatic carbocycles. The monoisotopic (exact) mass is 302 g/mol. The number of carbonyl (C=O) groups is 1. The van der Waals surface area contributed by atoms with Crippen LogP contribution in [0.3, 0.4) is 0 Å². The highest BCUT2D eigenvalue weighted by atomic mass is 16.3. The summed E-state index contributed by atoms with van der Waals surface area (Å²) in [6.45, 7) is -0.0747. The number of likely N-dealkylation sites (tertiary alicyclic amines) is 1. The molecule has 6 nitrogen and oxygen atoms in total. The second kappa shape index (κ2) is 5.90. The molecule has 1 aromatic carbocycles. The molecule has 0 unspecified atom stereocenters. The number of β-amino-alcohol motifs (C(OH)–C–C–N with tert-alkyl or cyclic N) is 1. The van der Waals surface area contributed by atoms with Crippen molar-refractivity contribution < 1.29 is 15.0 Å². The molecule has 1 aromatic heterocycles. The van der Waals surface area contributed by atoms with Gasteiger partial charge in [-0.1, -0.05) is 18.2 Å². The zero-order valence-electron chi connectivity index (χ0n) is 12.1. The maximum atomic E-state index is 12.4. The van der Waals surface area contributed by atoms with Crippen molar-refractivity contribution in [3.8, 4) is 0 Å². The van der Waals surface area contributed by atoms with Crippen LogP contribution in [0.2, 0.25) is 0 Å². The number of aliphatic hydroxyl groups excluding tert-OH is 2. The summed E-state index contributed by atoms with van der Waals surface area (Å²) in [5.41, 5.74) is -0.216. The Morgan fingerprint density at radius 3 is 2.82 bits per heavy atom. The Bertz CT molecular complexity index is 755. The van der Waals surface area contributed by atoms with Crippen molar-refractivity contribution in [3.63, 3.8) is 0 Å². The number of pyridine rings is 1. The Hall–Kier alpha value is -2.18. The predicted octanol–water partition coefficient (Wildman–Crippen LogP) is -0.0444. The number of fused-ring (bicyclic) bond motifs is 1. The molecule has 2 atom stereocenters.